The number of benzene rings is 2. The summed E-state index contributed by atoms with van der Waals surface area (Å²) in [6, 6.07) is 16.5. The van der Waals surface area contributed by atoms with Gasteiger partial charge in [-0.05, 0) is 23.1 Å². The normalized spacial score (nSPS) is 12.8. The molecule has 1 atom stereocenters. The average molecular weight is 320 g/mol. The minimum absolute atomic E-state index is 0.0593. The minimum atomic E-state index is -4.44. The second-order valence-electron chi connectivity index (χ2n) is 4.96. The molecule has 2 rings (SSSR count). The molecule has 0 bridgehead atoms. The molecule has 0 aliphatic heterocycles. The summed E-state index contributed by atoms with van der Waals surface area (Å²) in [4.78, 5) is 10.8. The van der Waals surface area contributed by atoms with Crippen LogP contribution in [-0.2, 0) is 21.3 Å². The molecule has 0 heterocycles. The first-order valence-corrected chi connectivity index (χ1v) is 8.19. The highest BCUT2D eigenvalue weighted by Crippen LogP contribution is 2.26. The van der Waals surface area contributed by atoms with E-state index in [9.17, 15) is 17.8 Å². The van der Waals surface area contributed by atoms with Crippen molar-refractivity contribution >= 4 is 16.1 Å². The highest BCUT2D eigenvalue weighted by molar-refractivity contribution is 7.86. The van der Waals surface area contributed by atoms with E-state index in [2.05, 4.69) is 0 Å². The van der Waals surface area contributed by atoms with Gasteiger partial charge in [0.25, 0.3) is 10.1 Å². The molecule has 0 fully saturated rings. The molecule has 0 amide bonds. The molecule has 0 aliphatic carbocycles. The predicted octanol–water partition coefficient (Wildman–Crippen LogP) is 2.63. The Morgan fingerprint density at radius 1 is 1.00 bits per heavy atom. The van der Waals surface area contributed by atoms with Crippen molar-refractivity contribution in [1.82, 2.24) is 0 Å². The fraction of sp³-hybridized carbons (Fsp3) is 0.188. The fourth-order valence-corrected chi connectivity index (χ4v) is 3.06. The molecule has 2 aromatic carbocycles. The second-order valence-corrected chi connectivity index (χ2v) is 6.66. The Kier molecular flexibility index (Phi) is 4.95. The van der Waals surface area contributed by atoms with Gasteiger partial charge in [-0.3, -0.25) is 9.35 Å². The Morgan fingerprint density at radius 2 is 1.59 bits per heavy atom. The van der Waals surface area contributed by atoms with Gasteiger partial charge in [-0.2, -0.15) is 8.42 Å². The molecule has 2 aromatic rings. The van der Waals surface area contributed by atoms with Gasteiger partial charge in [0.1, 0.15) is 5.25 Å². The number of carbonyl (C=O) groups is 1. The van der Waals surface area contributed by atoms with Crippen LogP contribution in [0.5, 0.6) is 0 Å². The summed E-state index contributed by atoms with van der Waals surface area (Å²) in [5, 5.41) is 7.47. The smallest absolute Gasteiger partial charge is 0.304 e. The van der Waals surface area contributed by atoms with Gasteiger partial charge >= 0.3 is 5.97 Å². The van der Waals surface area contributed by atoms with Gasteiger partial charge in [-0.15, -0.1) is 0 Å². The van der Waals surface area contributed by atoms with Gasteiger partial charge in [-0.25, -0.2) is 0 Å². The Labute approximate surface area is 129 Å². The van der Waals surface area contributed by atoms with E-state index in [4.69, 9.17) is 5.11 Å². The Bertz CT molecular complexity index is 753. The van der Waals surface area contributed by atoms with E-state index in [1.807, 2.05) is 42.5 Å². The standard InChI is InChI=1S/C16H16O5S/c17-16(18)11-14(22(19,20)21)10-13-8-4-5-9-15(13)12-6-2-1-3-7-12/h1-9,14H,10-11H2,(H,17,18)(H,19,20,21). The van der Waals surface area contributed by atoms with Crippen molar-refractivity contribution < 1.29 is 22.9 Å². The maximum atomic E-state index is 11.4. The first-order chi connectivity index (χ1) is 10.4. The molecule has 0 radical (unpaired) electrons. The first-order valence-electron chi connectivity index (χ1n) is 6.69. The Morgan fingerprint density at radius 3 is 2.18 bits per heavy atom. The van der Waals surface area contributed by atoms with Crippen LogP contribution < -0.4 is 0 Å². The monoisotopic (exact) mass is 320 g/mol. The fourth-order valence-electron chi connectivity index (χ4n) is 2.32. The van der Waals surface area contributed by atoms with Crippen LogP contribution in [0.25, 0.3) is 11.1 Å². The van der Waals surface area contributed by atoms with Crippen molar-refractivity contribution in [2.75, 3.05) is 0 Å². The molecule has 2 N–H and O–H groups in total. The molecule has 1 unspecified atom stereocenters. The van der Waals surface area contributed by atoms with Gasteiger partial charge in [0.2, 0.25) is 0 Å². The van der Waals surface area contributed by atoms with E-state index >= 15 is 0 Å². The maximum absolute atomic E-state index is 11.4. The van der Waals surface area contributed by atoms with Crippen molar-refractivity contribution in [3.63, 3.8) is 0 Å². The highest BCUT2D eigenvalue weighted by Gasteiger charge is 2.27. The number of hydrogen-bond acceptors (Lipinski definition) is 3. The van der Waals surface area contributed by atoms with E-state index in [0.717, 1.165) is 11.1 Å². The van der Waals surface area contributed by atoms with Crippen molar-refractivity contribution in [3.8, 4) is 11.1 Å². The van der Waals surface area contributed by atoms with Gasteiger partial charge < -0.3 is 5.11 Å². The topological polar surface area (TPSA) is 91.7 Å². The van der Waals surface area contributed by atoms with Gasteiger partial charge in [-0.1, -0.05) is 54.6 Å². The molecule has 0 aromatic heterocycles. The maximum Gasteiger partial charge on any atom is 0.304 e. The lowest BCUT2D eigenvalue weighted by molar-refractivity contribution is -0.137. The zero-order chi connectivity index (χ0) is 16.2. The molecule has 22 heavy (non-hydrogen) atoms. The number of carboxylic acid groups (broad SMARTS) is 1. The van der Waals surface area contributed by atoms with Crippen molar-refractivity contribution in [2.45, 2.75) is 18.1 Å². The van der Waals surface area contributed by atoms with E-state index < -0.39 is 27.8 Å². The number of aliphatic carboxylic acids is 1. The highest BCUT2D eigenvalue weighted by atomic mass is 32.2. The Balaban J connectivity index is 2.39. The van der Waals surface area contributed by atoms with Crippen LogP contribution in [-0.4, -0.2) is 29.3 Å². The van der Waals surface area contributed by atoms with Gasteiger partial charge in [0.05, 0.1) is 6.42 Å². The van der Waals surface area contributed by atoms with Crippen LogP contribution in [0.2, 0.25) is 0 Å². The minimum Gasteiger partial charge on any atom is -0.481 e. The molecule has 0 aliphatic rings. The largest absolute Gasteiger partial charge is 0.481 e. The quantitative estimate of drug-likeness (QED) is 0.798. The summed E-state index contributed by atoms with van der Waals surface area (Å²) in [6.45, 7) is 0. The summed E-state index contributed by atoms with van der Waals surface area (Å²) in [5.74, 6) is -1.26. The van der Waals surface area contributed by atoms with E-state index in [1.165, 1.54) is 0 Å². The zero-order valence-electron chi connectivity index (χ0n) is 11.7. The number of hydrogen-bond donors (Lipinski definition) is 2. The molecule has 6 heteroatoms. The number of rotatable bonds is 6. The van der Waals surface area contributed by atoms with Crippen LogP contribution in [0.1, 0.15) is 12.0 Å². The summed E-state index contributed by atoms with van der Waals surface area (Å²) in [6.07, 6.45) is -0.696. The summed E-state index contributed by atoms with van der Waals surface area (Å²) in [5.41, 5.74) is 2.40. The molecule has 116 valence electrons. The first kappa shape index (κ1) is 16.2. The third-order valence-corrected chi connectivity index (χ3v) is 4.55. The van der Waals surface area contributed by atoms with E-state index in [-0.39, 0.29) is 6.42 Å². The lowest BCUT2D eigenvalue weighted by Gasteiger charge is -2.15. The molecule has 0 spiro atoms. The van der Waals surface area contributed by atoms with Crippen molar-refractivity contribution in [1.29, 1.82) is 0 Å². The molecular formula is C16H16O5S. The predicted molar refractivity (Wildman–Crippen MR) is 83.2 cm³/mol. The van der Waals surface area contributed by atoms with E-state index in [1.54, 1.807) is 12.1 Å². The summed E-state index contributed by atoms with van der Waals surface area (Å²) < 4.78 is 32.1. The molecule has 0 saturated carbocycles. The van der Waals surface area contributed by atoms with Crippen molar-refractivity contribution in [3.05, 3.63) is 60.2 Å². The van der Waals surface area contributed by atoms with Crippen LogP contribution in [0.4, 0.5) is 0 Å². The van der Waals surface area contributed by atoms with Gasteiger partial charge in [0, 0.05) is 0 Å². The van der Waals surface area contributed by atoms with Crippen LogP contribution in [0.3, 0.4) is 0 Å². The Hall–Kier alpha value is -2.18. The zero-order valence-corrected chi connectivity index (χ0v) is 12.5. The molecular weight excluding hydrogens is 304 g/mol. The van der Waals surface area contributed by atoms with Crippen molar-refractivity contribution in [2.24, 2.45) is 0 Å². The third-order valence-electron chi connectivity index (χ3n) is 3.37. The summed E-state index contributed by atoms with van der Waals surface area (Å²) >= 11 is 0. The van der Waals surface area contributed by atoms with Gasteiger partial charge in [0.15, 0.2) is 0 Å². The lowest BCUT2D eigenvalue weighted by Crippen LogP contribution is -2.26. The lowest BCUT2D eigenvalue weighted by atomic mass is 9.96. The second kappa shape index (κ2) is 6.72. The molecule has 0 saturated heterocycles. The average Bonchev–Trinajstić information content (AvgIpc) is 2.47. The third kappa shape index (κ3) is 4.16. The van der Waals surface area contributed by atoms with Crippen LogP contribution in [0.15, 0.2) is 54.6 Å². The van der Waals surface area contributed by atoms with Crippen LogP contribution in [0, 0.1) is 0 Å². The number of carboxylic acids is 1. The molecule has 5 nitrogen and oxygen atoms in total. The summed E-state index contributed by atoms with van der Waals surface area (Å²) in [7, 11) is -4.44. The van der Waals surface area contributed by atoms with Crippen LogP contribution >= 0.6 is 0 Å². The SMILES string of the molecule is O=C(O)CC(Cc1ccccc1-c1ccccc1)S(=O)(=O)O. The van der Waals surface area contributed by atoms with E-state index in [0.29, 0.717) is 5.56 Å².